The Balaban J connectivity index is 1.62. The van der Waals surface area contributed by atoms with E-state index >= 15 is 0 Å². The highest BCUT2D eigenvalue weighted by Gasteiger charge is 2.25. The van der Waals surface area contributed by atoms with Gasteiger partial charge >= 0.3 is 0 Å². The molecule has 1 fully saturated rings. The lowest BCUT2D eigenvalue weighted by molar-refractivity contribution is -0.930. The summed E-state index contributed by atoms with van der Waals surface area (Å²) in [6.45, 7) is 8.60. The van der Waals surface area contributed by atoms with Crippen LogP contribution in [0.25, 0.3) is 0 Å². The number of nitrogens with zero attached hydrogens (tertiary/aromatic N) is 1. The molecule has 1 aliphatic rings. The number of hydrogen-bond acceptors (Lipinski definition) is 3. The second-order valence-electron chi connectivity index (χ2n) is 6.80. The Morgan fingerprint density at radius 1 is 1.12 bits per heavy atom. The highest BCUT2D eigenvalue weighted by molar-refractivity contribution is 5.78. The van der Waals surface area contributed by atoms with Crippen LogP contribution in [-0.2, 0) is 0 Å². The third-order valence-corrected chi connectivity index (χ3v) is 5.38. The Bertz CT molecular complexity index is 719. The predicted molar refractivity (Wildman–Crippen MR) is 101 cm³/mol. The molecule has 1 atom stereocenters. The fraction of sp³-hybridized carbons (Fsp3) is 0.381. The van der Waals surface area contributed by atoms with Gasteiger partial charge in [0.2, 0.25) is 0 Å². The second-order valence-corrected chi connectivity index (χ2v) is 6.80. The zero-order chi connectivity index (χ0) is 17.8. The van der Waals surface area contributed by atoms with Crippen molar-refractivity contribution in [2.24, 2.45) is 0 Å². The lowest BCUT2D eigenvalue weighted by Crippen LogP contribution is -3.14. The van der Waals surface area contributed by atoms with E-state index in [4.69, 9.17) is 4.74 Å². The molecule has 2 aromatic carbocycles. The molecule has 1 heterocycles. The lowest BCUT2D eigenvalue weighted by atomic mass is 10.1. The van der Waals surface area contributed by atoms with Crippen molar-refractivity contribution in [3.63, 3.8) is 0 Å². The molecule has 2 aromatic rings. The van der Waals surface area contributed by atoms with Gasteiger partial charge in [-0.05, 0) is 61.9 Å². The maximum atomic E-state index is 11.0. The Labute approximate surface area is 150 Å². The van der Waals surface area contributed by atoms with Crippen LogP contribution in [0, 0.1) is 6.92 Å². The minimum absolute atomic E-state index is 0.479. The van der Waals surface area contributed by atoms with E-state index in [1.165, 1.54) is 11.3 Å². The van der Waals surface area contributed by atoms with Crippen molar-refractivity contribution in [3.05, 3.63) is 59.2 Å². The van der Waals surface area contributed by atoms with Crippen molar-refractivity contribution in [2.75, 3.05) is 38.2 Å². The van der Waals surface area contributed by atoms with Gasteiger partial charge in [-0.3, -0.25) is 4.79 Å². The van der Waals surface area contributed by atoms with Crippen LogP contribution in [-0.4, -0.2) is 39.6 Å². The Morgan fingerprint density at radius 3 is 2.36 bits per heavy atom. The van der Waals surface area contributed by atoms with Gasteiger partial charge < -0.3 is 14.5 Å². The van der Waals surface area contributed by atoms with Gasteiger partial charge in [-0.25, -0.2) is 0 Å². The fourth-order valence-electron chi connectivity index (χ4n) is 3.60. The van der Waals surface area contributed by atoms with Gasteiger partial charge in [0, 0.05) is 16.8 Å². The van der Waals surface area contributed by atoms with E-state index in [0.717, 1.165) is 49.3 Å². The Morgan fingerprint density at radius 2 is 1.80 bits per heavy atom. The Kier molecular flexibility index (Phi) is 5.39. The number of quaternary nitrogens is 1. The van der Waals surface area contributed by atoms with Crippen LogP contribution in [0.5, 0.6) is 5.75 Å². The first-order valence-corrected chi connectivity index (χ1v) is 8.91. The normalized spacial score (nSPS) is 16.5. The van der Waals surface area contributed by atoms with Crippen molar-refractivity contribution in [2.45, 2.75) is 19.9 Å². The summed E-state index contributed by atoms with van der Waals surface area (Å²) in [5.41, 5.74) is 4.41. The molecule has 0 amide bonds. The first kappa shape index (κ1) is 17.5. The van der Waals surface area contributed by atoms with Crippen LogP contribution in [0.3, 0.4) is 0 Å². The summed E-state index contributed by atoms with van der Waals surface area (Å²) in [5.74, 6) is 0.907. The van der Waals surface area contributed by atoms with Crippen LogP contribution < -0.4 is 14.5 Å². The molecule has 0 saturated carbocycles. The van der Waals surface area contributed by atoms with E-state index in [1.54, 1.807) is 12.0 Å². The molecular formula is C21H27N2O2+. The number of rotatable bonds is 5. The first-order chi connectivity index (χ1) is 12.1. The molecule has 0 radical (unpaired) electrons. The monoisotopic (exact) mass is 339 g/mol. The van der Waals surface area contributed by atoms with E-state index < -0.39 is 0 Å². The van der Waals surface area contributed by atoms with Gasteiger partial charge in [0.15, 0.2) is 0 Å². The zero-order valence-corrected chi connectivity index (χ0v) is 15.3. The number of ether oxygens (including phenoxy) is 1. The molecule has 1 saturated heterocycles. The summed E-state index contributed by atoms with van der Waals surface area (Å²) in [5, 5.41) is 0. The Hall–Kier alpha value is -2.33. The number of aldehydes is 1. The minimum Gasteiger partial charge on any atom is -0.497 e. The molecule has 0 aromatic heterocycles. The van der Waals surface area contributed by atoms with Crippen LogP contribution in [0.15, 0.2) is 42.5 Å². The predicted octanol–water partition coefficient (Wildman–Crippen LogP) is 2.28. The molecule has 0 spiro atoms. The number of aryl methyl sites for hydroxylation is 1. The SMILES string of the molecule is COc1ccc([C@@H](C)[NH+]2CCN(c3ccc(C=O)c(C)c3)CC2)cc1. The number of piperazine rings is 1. The zero-order valence-electron chi connectivity index (χ0n) is 15.3. The highest BCUT2D eigenvalue weighted by atomic mass is 16.5. The average molecular weight is 339 g/mol. The number of hydrogen-bond donors (Lipinski definition) is 1. The van der Waals surface area contributed by atoms with Crippen molar-refractivity contribution >= 4 is 12.0 Å². The second kappa shape index (κ2) is 7.70. The van der Waals surface area contributed by atoms with Gasteiger partial charge in [0.25, 0.3) is 0 Å². The molecule has 0 unspecified atom stereocenters. The number of anilines is 1. The van der Waals surface area contributed by atoms with E-state index in [2.05, 4.69) is 36.1 Å². The fourth-order valence-corrected chi connectivity index (χ4v) is 3.60. The quantitative estimate of drug-likeness (QED) is 0.849. The topological polar surface area (TPSA) is 34.0 Å². The van der Waals surface area contributed by atoms with Crippen molar-refractivity contribution in [1.29, 1.82) is 0 Å². The maximum Gasteiger partial charge on any atom is 0.150 e. The third-order valence-electron chi connectivity index (χ3n) is 5.38. The molecule has 3 rings (SSSR count). The maximum absolute atomic E-state index is 11.0. The molecule has 0 bridgehead atoms. The van der Waals surface area contributed by atoms with Gasteiger partial charge in [-0.2, -0.15) is 0 Å². The number of benzene rings is 2. The van der Waals surface area contributed by atoms with Crippen molar-refractivity contribution < 1.29 is 14.4 Å². The average Bonchev–Trinajstić information content (AvgIpc) is 2.67. The lowest BCUT2D eigenvalue weighted by Gasteiger charge is -2.36. The first-order valence-electron chi connectivity index (χ1n) is 8.91. The number of carbonyl (C=O) groups excluding carboxylic acids is 1. The minimum atomic E-state index is 0.479. The molecule has 0 aliphatic carbocycles. The van der Waals surface area contributed by atoms with Crippen molar-refractivity contribution in [1.82, 2.24) is 0 Å². The van der Waals surface area contributed by atoms with Crippen molar-refractivity contribution in [3.8, 4) is 5.75 Å². The summed E-state index contributed by atoms with van der Waals surface area (Å²) >= 11 is 0. The number of nitrogens with one attached hydrogen (secondary N) is 1. The largest absolute Gasteiger partial charge is 0.497 e. The third kappa shape index (κ3) is 3.85. The van der Waals surface area contributed by atoms with Crippen LogP contribution >= 0.6 is 0 Å². The summed E-state index contributed by atoms with van der Waals surface area (Å²) in [4.78, 5) is 15.0. The number of methoxy groups -OCH3 is 1. The van der Waals surface area contributed by atoms with E-state index in [0.29, 0.717) is 6.04 Å². The molecule has 4 heteroatoms. The molecule has 1 aliphatic heterocycles. The van der Waals surface area contributed by atoms with Gasteiger partial charge in [-0.1, -0.05) is 0 Å². The summed E-state index contributed by atoms with van der Waals surface area (Å²) in [6.07, 6.45) is 0.928. The van der Waals surface area contributed by atoms with E-state index in [-0.39, 0.29) is 0 Å². The van der Waals surface area contributed by atoms with E-state index in [9.17, 15) is 4.79 Å². The molecular weight excluding hydrogens is 312 g/mol. The summed E-state index contributed by atoms with van der Waals surface area (Å²) in [7, 11) is 1.70. The smallest absolute Gasteiger partial charge is 0.150 e. The van der Waals surface area contributed by atoms with Crippen LogP contribution in [0.2, 0.25) is 0 Å². The van der Waals surface area contributed by atoms with Crippen LogP contribution in [0.4, 0.5) is 5.69 Å². The van der Waals surface area contributed by atoms with Gasteiger partial charge in [-0.15, -0.1) is 0 Å². The standard InChI is InChI=1S/C21H26N2O2/c1-16-14-20(7-4-19(16)15-24)23-12-10-22(11-13-23)17(2)18-5-8-21(25-3)9-6-18/h4-9,14-15,17H,10-13H2,1-3H3/p+1/t17-/m1/s1. The molecule has 1 N–H and O–H groups in total. The van der Waals surface area contributed by atoms with Gasteiger partial charge in [0.05, 0.1) is 33.3 Å². The summed E-state index contributed by atoms with van der Waals surface area (Å²) < 4.78 is 5.25. The molecule has 25 heavy (non-hydrogen) atoms. The highest BCUT2D eigenvalue weighted by Crippen LogP contribution is 2.19. The number of carbonyl (C=O) groups is 1. The van der Waals surface area contributed by atoms with E-state index in [1.807, 2.05) is 25.1 Å². The van der Waals surface area contributed by atoms with Crippen LogP contribution in [0.1, 0.15) is 34.5 Å². The molecule has 132 valence electrons. The van der Waals surface area contributed by atoms with Gasteiger partial charge in [0.1, 0.15) is 18.1 Å². The molecule has 4 nitrogen and oxygen atoms in total. The summed E-state index contributed by atoms with van der Waals surface area (Å²) in [6, 6.07) is 15.0.